The van der Waals surface area contributed by atoms with Gasteiger partial charge in [0.05, 0.1) is 29.4 Å². The lowest BCUT2D eigenvalue weighted by Crippen LogP contribution is -2.56. The number of aryl methyl sites for hydroxylation is 1. The van der Waals surface area contributed by atoms with Crippen molar-refractivity contribution in [2.24, 2.45) is 13.0 Å². The number of amides is 2. The molecule has 2 unspecified atom stereocenters. The molecule has 14 heteroatoms. The zero-order valence-electron chi connectivity index (χ0n) is 25.8. The SMILES string of the molecule is C[C@@H]1CC2C(=O)N(c3ccc(-c4nn(C)c(=O)[nH]4)cc3)c3c(Cc4ccccc4)cnn3C2CN1C(=O)c1ccc(Br)c(C(F)(F)F)c1. The topological polar surface area (TPSA) is 109 Å². The minimum Gasteiger partial charge on any atom is -0.334 e. The van der Waals surface area contributed by atoms with Gasteiger partial charge in [0.25, 0.3) is 5.91 Å². The third kappa shape index (κ3) is 5.53. The van der Waals surface area contributed by atoms with Crippen molar-refractivity contribution in [1.29, 1.82) is 0 Å². The lowest BCUT2D eigenvalue weighted by molar-refractivity contribution is -0.138. The number of piperidine rings is 1. The number of anilines is 2. The van der Waals surface area contributed by atoms with Gasteiger partial charge in [-0.1, -0.05) is 46.3 Å². The van der Waals surface area contributed by atoms with Crippen molar-refractivity contribution in [3.8, 4) is 11.4 Å². The lowest BCUT2D eigenvalue weighted by atomic mass is 9.84. The Morgan fingerprint density at radius 1 is 1.04 bits per heavy atom. The number of carbonyl (C=O) groups excluding carboxylic acids is 2. The molecule has 3 atom stereocenters. The van der Waals surface area contributed by atoms with Crippen molar-refractivity contribution in [2.75, 3.05) is 11.4 Å². The Hall–Kier alpha value is -4.98. The quantitative estimate of drug-likeness (QED) is 0.236. The summed E-state index contributed by atoms with van der Waals surface area (Å²) in [5, 5.41) is 8.97. The molecule has 2 aromatic heterocycles. The first kappa shape index (κ1) is 31.6. The van der Waals surface area contributed by atoms with Crippen LogP contribution in [0, 0.1) is 5.92 Å². The highest BCUT2D eigenvalue weighted by Gasteiger charge is 2.48. The van der Waals surface area contributed by atoms with Crippen molar-refractivity contribution in [1.82, 2.24) is 29.4 Å². The van der Waals surface area contributed by atoms with Crippen molar-refractivity contribution in [3.05, 3.63) is 116 Å². The Labute approximate surface area is 280 Å². The van der Waals surface area contributed by atoms with Crippen LogP contribution in [0.1, 0.15) is 46.4 Å². The lowest BCUT2D eigenvalue weighted by Gasteiger charge is -2.47. The standard InChI is InChI=1S/C34H29BrF3N7O3/c1-19-14-25-28(18-43(19)31(46)22-10-13-27(35)26(16-22)34(36,37)38)45-30(23(17-39-45)15-20-6-4-3-5-7-20)44(32(25)47)24-11-8-21(9-12-24)29-40-33(48)42(2)41-29/h3-13,16-17,19,25,28H,14-15,18H2,1-2H3,(H,40,41,48)/t19-,25?,28?/m1/s1. The number of rotatable bonds is 5. The summed E-state index contributed by atoms with van der Waals surface area (Å²) >= 11 is 2.95. The van der Waals surface area contributed by atoms with Gasteiger partial charge in [0, 0.05) is 47.2 Å². The average Bonchev–Trinajstić information content (AvgIpc) is 3.63. The summed E-state index contributed by atoms with van der Waals surface area (Å²) in [6, 6.07) is 19.4. The Morgan fingerprint density at radius 3 is 2.44 bits per heavy atom. The van der Waals surface area contributed by atoms with Crippen LogP contribution in [0.2, 0.25) is 0 Å². The highest BCUT2D eigenvalue weighted by Crippen LogP contribution is 2.45. The van der Waals surface area contributed by atoms with Crippen LogP contribution < -0.4 is 10.6 Å². The van der Waals surface area contributed by atoms with E-state index in [0.717, 1.165) is 17.2 Å². The predicted octanol–water partition coefficient (Wildman–Crippen LogP) is 6.11. The smallest absolute Gasteiger partial charge is 0.334 e. The van der Waals surface area contributed by atoms with Crippen LogP contribution in [0.4, 0.5) is 24.7 Å². The summed E-state index contributed by atoms with van der Waals surface area (Å²) in [5.41, 5.74) is 1.71. The van der Waals surface area contributed by atoms with Gasteiger partial charge in [-0.05, 0) is 61.4 Å². The van der Waals surface area contributed by atoms with E-state index in [4.69, 9.17) is 5.10 Å². The van der Waals surface area contributed by atoms with Crippen LogP contribution in [0.25, 0.3) is 11.4 Å². The van der Waals surface area contributed by atoms with Crippen molar-refractivity contribution < 1.29 is 22.8 Å². The van der Waals surface area contributed by atoms with Gasteiger partial charge in [-0.2, -0.15) is 23.4 Å². The normalized spacial score (nSPS) is 19.3. The van der Waals surface area contributed by atoms with Crippen LogP contribution in [0.15, 0.2) is 88.3 Å². The average molecular weight is 721 g/mol. The molecular formula is C34H29BrF3N7O3. The highest BCUT2D eigenvalue weighted by molar-refractivity contribution is 9.10. The van der Waals surface area contributed by atoms with E-state index in [0.29, 0.717) is 29.3 Å². The minimum absolute atomic E-state index is 0.0839. The van der Waals surface area contributed by atoms with Crippen molar-refractivity contribution in [3.63, 3.8) is 0 Å². The molecule has 10 nitrogen and oxygen atoms in total. The number of nitrogens with zero attached hydrogens (tertiary/aromatic N) is 6. The molecule has 0 saturated carbocycles. The van der Waals surface area contributed by atoms with E-state index in [1.807, 2.05) is 30.3 Å². The predicted molar refractivity (Wildman–Crippen MR) is 175 cm³/mol. The van der Waals surface area contributed by atoms with Crippen molar-refractivity contribution in [2.45, 2.75) is 38.0 Å². The molecule has 48 heavy (non-hydrogen) atoms. The molecule has 2 aliphatic heterocycles. The number of hydrogen-bond donors (Lipinski definition) is 1. The summed E-state index contributed by atoms with van der Waals surface area (Å²) in [6.45, 7) is 1.89. The molecule has 0 bridgehead atoms. The Bertz CT molecular complexity index is 2090. The molecule has 7 rings (SSSR count). The van der Waals surface area contributed by atoms with E-state index in [1.54, 1.807) is 54.0 Å². The third-order valence-electron chi connectivity index (χ3n) is 9.07. The van der Waals surface area contributed by atoms with E-state index in [1.165, 1.54) is 21.7 Å². The van der Waals surface area contributed by atoms with Crippen LogP contribution in [-0.2, 0) is 24.4 Å². The molecule has 0 spiro atoms. The molecule has 1 fully saturated rings. The van der Waals surface area contributed by atoms with E-state index in [2.05, 4.69) is 26.0 Å². The van der Waals surface area contributed by atoms with E-state index in [9.17, 15) is 27.6 Å². The maximum atomic E-state index is 14.5. The maximum absolute atomic E-state index is 14.5. The number of halogens is 4. The zero-order valence-corrected chi connectivity index (χ0v) is 27.4. The number of benzene rings is 3. The summed E-state index contributed by atoms with van der Waals surface area (Å²) in [7, 11) is 1.55. The Morgan fingerprint density at radius 2 is 1.77 bits per heavy atom. The summed E-state index contributed by atoms with van der Waals surface area (Å²) in [6.07, 6.45) is -2.14. The number of likely N-dealkylation sites (tertiary alicyclic amines) is 1. The second kappa shape index (κ2) is 11.9. The number of aromatic nitrogens is 5. The third-order valence-corrected chi connectivity index (χ3v) is 9.76. The molecule has 5 aromatic rings. The summed E-state index contributed by atoms with van der Waals surface area (Å²) in [5.74, 6) is -0.302. The number of alkyl halides is 3. The number of hydrogen-bond acceptors (Lipinski definition) is 5. The van der Waals surface area contributed by atoms with Gasteiger partial charge in [-0.25, -0.2) is 14.2 Å². The van der Waals surface area contributed by atoms with Gasteiger partial charge in [0.15, 0.2) is 5.82 Å². The largest absolute Gasteiger partial charge is 0.417 e. The number of fused-ring (bicyclic) bond motifs is 3. The molecule has 1 N–H and O–H groups in total. The van der Waals surface area contributed by atoms with E-state index < -0.39 is 35.6 Å². The Balaban J connectivity index is 1.27. The fourth-order valence-corrected chi connectivity index (χ4v) is 7.11. The molecule has 2 aliphatic rings. The number of aromatic amines is 1. The van der Waals surface area contributed by atoms with Crippen LogP contribution in [-0.4, -0.2) is 53.8 Å². The fourth-order valence-electron chi connectivity index (χ4n) is 6.64. The van der Waals surface area contributed by atoms with Gasteiger partial charge >= 0.3 is 11.9 Å². The van der Waals surface area contributed by atoms with Gasteiger partial charge in [0.2, 0.25) is 5.91 Å². The fraction of sp³-hybridized carbons (Fsp3) is 0.265. The molecule has 3 aromatic carbocycles. The Kier molecular flexibility index (Phi) is 7.85. The molecule has 0 aliphatic carbocycles. The highest BCUT2D eigenvalue weighted by atomic mass is 79.9. The second-order valence-corrected chi connectivity index (χ2v) is 13.0. The second-order valence-electron chi connectivity index (χ2n) is 12.1. The molecule has 246 valence electrons. The first-order valence-electron chi connectivity index (χ1n) is 15.3. The monoisotopic (exact) mass is 719 g/mol. The summed E-state index contributed by atoms with van der Waals surface area (Å²) in [4.78, 5) is 46.1. The molecule has 2 amide bonds. The molecule has 4 heterocycles. The van der Waals surface area contributed by atoms with Gasteiger partial charge in [0.1, 0.15) is 5.82 Å². The number of H-pyrrole nitrogens is 1. The number of carbonyl (C=O) groups is 2. The van der Waals surface area contributed by atoms with Crippen LogP contribution in [0.5, 0.6) is 0 Å². The number of nitrogens with one attached hydrogen (secondary N) is 1. The molecule has 1 saturated heterocycles. The van der Waals surface area contributed by atoms with Crippen LogP contribution in [0.3, 0.4) is 0 Å². The molecular weight excluding hydrogens is 691 g/mol. The van der Waals surface area contributed by atoms with E-state index >= 15 is 0 Å². The first-order chi connectivity index (χ1) is 22.9. The van der Waals surface area contributed by atoms with Gasteiger partial charge < -0.3 is 4.90 Å². The maximum Gasteiger partial charge on any atom is 0.417 e. The minimum atomic E-state index is -4.64. The van der Waals surface area contributed by atoms with E-state index in [-0.39, 0.29) is 34.6 Å². The van der Waals surface area contributed by atoms with Gasteiger partial charge in [-0.15, -0.1) is 0 Å². The summed E-state index contributed by atoms with van der Waals surface area (Å²) < 4.78 is 43.9. The van der Waals surface area contributed by atoms with Crippen molar-refractivity contribution >= 4 is 39.2 Å². The van der Waals surface area contributed by atoms with Crippen LogP contribution >= 0.6 is 15.9 Å². The van der Waals surface area contributed by atoms with Gasteiger partial charge in [-0.3, -0.25) is 19.5 Å². The molecule has 0 radical (unpaired) electrons. The first-order valence-corrected chi connectivity index (χ1v) is 16.1. The zero-order chi connectivity index (χ0) is 33.9.